The summed E-state index contributed by atoms with van der Waals surface area (Å²) in [6.45, 7) is 1.45. The number of aromatic nitrogens is 7. The Morgan fingerprint density at radius 2 is 1.82 bits per heavy atom. The first-order valence-electron chi connectivity index (χ1n) is 14.1. The van der Waals surface area contributed by atoms with Crippen LogP contribution in [0, 0.1) is 11.6 Å². The van der Waals surface area contributed by atoms with Crippen molar-refractivity contribution in [2.45, 2.75) is 50.6 Å². The number of hydrogen-bond donors (Lipinski definition) is 2. The number of methoxy groups -OCH3 is 1. The van der Waals surface area contributed by atoms with Gasteiger partial charge in [-0.25, -0.2) is 18.7 Å². The summed E-state index contributed by atoms with van der Waals surface area (Å²) >= 11 is 0. The van der Waals surface area contributed by atoms with E-state index in [1.807, 2.05) is 4.90 Å². The predicted octanol–water partition coefficient (Wildman–Crippen LogP) is 4.20. The van der Waals surface area contributed by atoms with Crippen molar-refractivity contribution in [1.29, 1.82) is 0 Å². The minimum atomic E-state index is -0.701. The van der Waals surface area contributed by atoms with Gasteiger partial charge in [0.15, 0.2) is 23.0 Å². The molecule has 2 aliphatic rings. The van der Waals surface area contributed by atoms with Crippen LogP contribution in [0.1, 0.15) is 65.2 Å². The lowest BCUT2D eigenvalue weighted by molar-refractivity contribution is 0.0556. The van der Waals surface area contributed by atoms with Crippen molar-refractivity contribution < 1.29 is 23.1 Å². The van der Waals surface area contributed by atoms with Gasteiger partial charge in [-0.2, -0.15) is 14.7 Å². The van der Waals surface area contributed by atoms with E-state index >= 15 is 0 Å². The van der Waals surface area contributed by atoms with Gasteiger partial charge < -0.3 is 15.4 Å². The Hall–Kier alpha value is -5.27. The summed E-state index contributed by atoms with van der Waals surface area (Å²) in [6, 6.07) is 5.23. The van der Waals surface area contributed by atoms with Gasteiger partial charge in [-0.05, 0) is 44.7 Å². The molecule has 12 nitrogen and oxygen atoms in total. The molecule has 3 N–H and O–H groups in total. The summed E-state index contributed by atoms with van der Waals surface area (Å²) in [6.07, 6.45) is 7.32. The number of nitrogen functional groups attached to an aromatic ring is 1. The molecule has 0 radical (unpaired) electrons. The van der Waals surface area contributed by atoms with E-state index in [4.69, 9.17) is 15.5 Å². The maximum atomic E-state index is 14.7. The highest BCUT2D eigenvalue weighted by atomic mass is 19.1. The fraction of sp³-hybridized carbons (Fsp3) is 0.300. The van der Waals surface area contributed by atoms with Gasteiger partial charge in [0.25, 0.3) is 5.91 Å². The van der Waals surface area contributed by atoms with Crippen LogP contribution >= 0.6 is 0 Å². The highest BCUT2D eigenvalue weighted by Crippen LogP contribution is 2.45. The second-order valence-electron chi connectivity index (χ2n) is 11.1. The molecule has 224 valence electrons. The van der Waals surface area contributed by atoms with Crippen LogP contribution in [0.25, 0.3) is 28.0 Å². The molecule has 3 atom stereocenters. The van der Waals surface area contributed by atoms with Crippen LogP contribution in [0.5, 0.6) is 5.75 Å². The number of carbonyl (C=O) groups excluding carboxylic acids is 2. The van der Waals surface area contributed by atoms with Crippen molar-refractivity contribution >= 4 is 23.2 Å². The van der Waals surface area contributed by atoms with Crippen molar-refractivity contribution in [2.24, 2.45) is 0 Å². The molecular weight excluding hydrogens is 572 g/mol. The first-order chi connectivity index (χ1) is 21.2. The maximum absolute atomic E-state index is 14.7. The quantitative estimate of drug-likeness (QED) is 0.273. The third-order valence-corrected chi connectivity index (χ3v) is 8.63. The van der Waals surface area contributed by atoms with Gasteiger partial charge in [-0.3, -0.25) is 19.7 Å². The number of H-pyrrole nitrogens is 1. The zero-order chi connectivity index (χ0) is 30.7. The Balaban J connectivity index is 1.24. The Bertz CT molecular complexity index is 1910. The van der Waals surface area contributed by atoms with Gasteiger partial charge >= 0.3 is 0 Å². The molecule has 14 heteroatoms. The summed E-state index contributed by atoms with van der Waals surface area (Å²) in [5.41, 5.74) is 9.34. The average molecular weight is 600 g/mol. The molecule has 1 aromatic carbocycles. The van der Waals surface area contributed by atoms with E-state index in [0.29, 0.717) is 40.9 Å². The summed E-state index contributed by atoms with van der Waals surface area (Å²) in [4.78, 5) is 41.3. The fourth-order valence-electron chi connectivity index (χ4n) is 6.65. The minimum Gasteiger partial charge on any atom is -0.494 e. The number of rotatable bonds is 6. The second kappa shape index (κ2) is 10.5. The normalized spacial score (nSPS) is 19.5. The summed E-state index contributed by atoms with van der Waals surface area (Å²) in [5, 5.41) is 10.9. The summed E-state index contributed by atoms with van der Waals surface area (Å²) < 4.78 is 35.2. The number of fused-ring (bicyclic) bond motifs is 3. The number of aromatic amines is 1. The molecule has 44 heavy (non-hydrogen) atoms. The smallest absolute Gasteiger partial charge is 0.291 e. The molecule has 4 aromatic heterocycles. The molecule has 2 fully saturated rings. The molecule has 0 spiro atoms. The van der Waals surface area contributed by atoms with E-state index in [0.717, 1.165) is 25.0 Å². The Morgan fingerprint density at radius 1 is 1.05 bits per heavy atom. The van der Waals surface area contributed by atoms with Crippen molar-refractivity contribution in [1.82, 2.24) is 39.7 Å². The van der Waals surface area contributed by atoms with E-state index in [9.17, 15) is 18.4 Å². The molecule has 0 saturated carbocycles. The number of hydrogen-bond acceptors (Lipinski definition) is 9. The number of nitrogens with one attached hydrogen (secondary N) is 1. The Kier molecular flexibility index (Phi) is 6.56. The molecule has 1 amide bonds. The predicted molar refractivity (Wildman–Crippen MR) is 154 cm³/mol. The van der Waals surface area contributed by atoms with Gasteiger partial charge in [0.1, 0.15) is 18.0 Å². The van der Waals surface area contributed by atoms with E-state index in [1.54, 1.807) is 18.3 Å². The number of Topliss-reactive ketones (excluding diaryl/α,β-unsaturated/α-hetero) is 1. The average Bonchev–Trinajstić information content (AvgIpc) is 3.76. The zero-order valence-electron chi connectivity index (χ0n) is 23.8. The van der Waals surface area contributed by atoms with Crippen LogP contribution in [0.2, 0.25) is 0 Å². The van der Waals surface area contributed by atoms with Crippen LogP contribution in [-0.2, 0) is 0 Å². The van der Waals surface area contributed by atoms with Gasteiger partial charge in [-0.15, -0.1) is 0 Å². The lowest BCUT2D eigenvalue weighted by atomic mass is 9.85. The number of ketones is 1. The minimum absolute atomic E-state index is 0.00626. The number of halogens is 2. The number of nitrogens with zero attached hydrogens (tertiary/aromatic N) is 7. The molecule has 2 aliphatic heterocycles. The van der Waals surface area contributed by atoms with Gasteiger partial charge in [0.05, 0.1) is 30.3 Å². The van der Waals surface area contributed by atoms with Crippen LogP contribution in [0.3, 0.4) is 0 Å². The van der Waals surface area contributed by atoms with Crippen LogP contribution < -0.4 is 10.5 Å². The van der Waals surface area contributed by atoms with Crippen LogP contribution in [-0.4, -0.2) is 70.5 Å². The SMILES string of the molecule is COc1cc(F)c(-c2ccc(-c3cnn4c(N)c(C(C)=O)c(C5C[C@H]6CC[C@@H](C5)N6C(=O)c5ncn[nH]5)nc34)cn2)cc1F. The number of ether oxygens (including phenoxy) is 1. The highest BCUT2D eigenvalue weighted by molar-refractivity contribution is 6.00. The number of anilines is 1. The van der Waals surface area contributed by atoms with E-state index in [1.165, 1.54) is 31.1 Å². The van der Waals surface area contributed by atoms with Gasteiger partial charge in [-0.1, -0.05) is 6.07 Å². The standard InChI is InChI=1S/C30H27F2N9O3/c1-14(42)25-26(16-7-17-4-5-18(8-16)40(17)30(43)28-35-13-36-39-28)38-29-20(12-37-41(29)27(25)33)15-3-6-23(34-11-15)19-9-22(32)24(44-2)10-21(19)31/h3,6,9-13,16-18H,4-5,7-8,33H2,1-2H3,(H,35,36,39)/t16?,17-,18+. The number of benzene rings is 1. The van der Waals surface area contributed by atoms with Crippen molar-refractivity contribution in [3.63, 3.8) is 0 Å². The fourth-order valence-corrected chi connectivity index (χ4v) is 6.65. The van der Waals surface area contributed by atoms with Crippen molar-refractivity contribution in [3.8, 4) is 28.1 Å². The molecule has 2 bridgehead atoms. The zero-order valence-corrected chi connectivity index (χ0v) is 23.8. The third-order valence-electron chi connectivity index (χ3n) is 8.63. The molecular formula is C30H27F2N9O3. The van der Waals surface area contributed by atoms with Gasteiger partial charge in [0.2, 0.25) is 5.82 Å². The molecule has 6 heterocycles. The Morgan fingerprint density at radius 3 is 2.45 bits per heavy atom. The van der Waals surface area contributed by atoms with E-state index in [2.05, 4.69) is 25.3 Å². The second-order valence-corrected chi connectivity index (χ2v) is 11.1. The first kappa shape index (κ1) is 27.6. The first-order valence-corrected chi connectivity index (χ1v) is 14.1. The number of amides is 1. The molecule has 7 rings (SSSR count). The molecule has 1 unspecified atom stereocenters. The van der Waals surface area contributed by atoms with Crippen molar-refractivity contribution in [2.75, 3.05) is 12.8 Å². The highest BCUT2D eigenvalue weighted by Gasteiger charge is 2.45. The number of carbonyl (C=O) groups is 2. The lowest BCUT2D eigenvalue weighted by Gasteiger charge is -2.38. The van der Waals surface area contributed by atoms with Crippen LogP contribution in [0.4, 0.5) is 14.6 Å². The monoisotopic (exact) mass is 599 g/mol. The summed E-state index contributed by atoms with van der Waals surface area (Å²) in [5.74, 6) is -1.71. The number of pyridine rings is 1. The molecule has 5 aromatic rings. The Labute approximate surface area is 249 Å². The lowest BCUT2D eigenvalue weighted by Crippen LogP contribution is -2.46. The number of piperidine rings is 1. The van der Waals surface area contributed by atoms with Crippen LogP contribution in [0.15, 0.2) is 43.0 Å². The molecule has 0 aliphatic carbocycles. The maximum Gasteiger partial charge on any atom is 0.291 e. The summed E-state index contributed by atoms with van der Waals surface area (Å²) in [7, 11) is 1.26. The molecule has 2 saturated heterocycles. The third kappa shape index (κ3) is 4.36. The van der Waals surface area contributed by atoms with E-state index < -0.39 is 11.6 Å². The number of nitrogens with two attached hydrogens (primary N) is 1. The topological polar surface area (TPSA) is 157 Å². The van der Waals surface area contributed by atoms with Gasteiger partial charge in [0, 0.05) is 47.0 Å². The van der Waals surface area contributed by atoms with E-state index in [-0.39, 0.29) is 58.3 Å². The van der Waals surface area contributed by atoms with Crippen molar-refractivity contribution in [3.05, 3.63) is 71.7 Å². The largest absolute Gasteiger partial charge is 0.494 e.